The SMILES string of the molecule is CC(C)(C)C(=O)c1ccc(C(C)(C)C)o1. The van der Waals surface area contributed by atoms with Crippen molar-refractivity contribution in [1.82, 2.24) is 0 Å². The molecule has 0 spiro atoms. The molecule has 2 heteroatoms. The van der Waals surface area contributed by atoms with Crippen LogP contribution in [0.2, 0.25) is 0 Å². The Labute approximate surface area is 91.7 Å². The lowest BCUT2D eigenvalue weighted by molar-refractivity contribution is 0.0825. The van der Waals surface area contributed by atoms with Gasteiger partial charge >= 0.3 is 0 Å². The predicted molar refractivity (Wildman–Crippen MR) is 61.2 cm³/mol. The fourth-order valence-electron chi connectivity index (χ4n) is 1.23. The van der Waals surface area contributed by atoms with Crippen molar-refractivity contribution in [2.45, 2.75) is 47.0 Å². The minimum absolute atomic E-state index is 0.0452. The summed E-state index contributed by atoms with van der Waals surface area (Å²) in [5.41, 5.74) is -0.427. The van der Waals surface area contributed by atoms with Gasteiger partial charge in [-0.15, -0.1) is 0 Å². The Balaban J connectivity index is 3.01. The predicted octanol–water partition coefficient (Wildman–Crippen LogP) is 3.81. The fraction of sp³-hybridized carbons (Fsp3) is 0.615. The van der Waals surface area contributed by atoms with Crippen LogP contribution in [-0.2, 0) is 5.41 Å². The third-order valence-corrected chi connectivity index (χ3v) is 2.25. The Morgan fingerprint density at radius 2 is 1.60 bits per heavy atom. The Kier molecular flexibility index (Phi) is 2.81. The number of carbonyl (C=O) groups excluding carboxylic acids is 1. The highest BCUT2D eigenvalue weighted by atomic mass is 16.3. The molecule has 0 radical (unpaired) electrons. The van der Waals surface area contributed by atoms with Gasteiger partial charge in [0.25, 0.3) is 0 Å². The molecule has 1 rings (SSSR count). The van der Waals surface area contributed by atoms with Crippen molar-refractivity contribution in [2.75, 3.05) is 0 Å². The first kappa shape index (κ1) is 12.0. The second-order valence-corrected chi connectivity index (χ2v) is 5.99. The van der Waals surface area contributed by atoms with Crippen LogP contribution in [0.3, 0.4) is 0 Å². The smallest absolute Gasteiger partial charge is 0.203 e. The van der Waals surface area contributed by atoms with Gasteiger partial charge in [0, 0.05) is 10.8 Å². The molecule has 1 heterocycles. The number of Topliss-reactive ketones (excluding diaryl/α,β-unsaturated/α-hetero) is 1. The summed E-state index contributed by atoms with van der Waals surface area (Å²) in [6.07, 6.45) is 0. The van der Waals surface area contributed by atoms with Gasteiger partial charge in [-0.25, -0.2) is 0 Å². The Hall–Kier alpha value is -1.05. The van der Waals surface area contributed by atoms with Crippen LogP contribution >= 0.6 is 0 Å². The van der Waals surface area contributed by atoms with Gasteiger partial charge in [0.2, 0.25) is 5.78 Å². The van der Waals surface area contributed by atoms with E-state index in [1.165, 1.54) is 0 Å². The monoisotopic (exact) mass is 208 g/mol. The Bertz CT molecular complexity index is 359. The highest BCUT2D eigenvalue weighted by Gasteiger charge is 2.27. The maximum atomic E-state index is 11.9. The van der Waals surface area contributed by atoms with Crippen molar-refractivity contribution in [3.05, 3.63) is 23.7 Å². The number of ketones is 1. The van der Waals surface area contributed by atoms with E-state index in [2.05, 4.69) is 20.8 Å². The molecule has 0 aromatic carbocycles. The molecule has 0 bridgehead atoms. The van der Waals surface area contributed by atoms with Gasteiger partial charge in [0.1, 0.15) is 5.76 Å². The van der Waals surface area contributed by atoms with E-state index in [-0.39, 0.29) is 16.6 Å². The summed E-state index contributed by atoms with van der Waals surface area (Å²) in [6, 6.07) is 3.66. The quantitative estimate of drug-likeness (QED) is 0.657. The summed E-state index contributed by atoms with van der Waals surface area (Å²) in [5, 5.41) is 0. The molecular formula is C13H20O2. The van der Waals surface area contributed by atoms with E-state index in [0.29, 0.717) is 5.76 Å². The van der Waals surface area contributed by atoms with Gasteiger partial charge in [-0.1, -0.05) is 41.5 Å². The second-order valence-electron chi connectivity index (χ2n) is 5.99. The van der Waals surface area contributed by atoms with Gasteiger partial charge in [-0.05, 0) is 12.1 Å². The summed E-state index contributed by atoms with van der Waals surface area (Å²) in [6.45, 7) is 11.9. The summed E-state index contributed by atoms with van der Waals surface area (Å²) >= 11 is 0. The van der Waals surface area contributed by atoms with Crippen molar-refractivity contribution in [3.8, 4) is 0 Å². The summed E-state index contributed by atoms with van der Waals surface area (Å²) in [7, 11) is 0. The van der Waals surface area contributed by atoms with E-state index in [9.17, 15) is 4.79 Å². The van der Waals surface area contributed by atoms with Crippen LogP contribution in [0.15, 0.2) is 16.5 Å². The molecule has 0 amide bonds. The summed E-state index contributed by atoms with van der Waals surface area (Å²) in [4.78, 5) is 11.9. The van der Waals surface area contributed by atoms with Gasteiger partial charge in [0.15, 0.2) is 5.76 Å². The number of hydrogen-bond donors (Lipinski definition) is 0. The van der Waals surface area contributed by atoms with Crippen LogP contribution in [0, 0.1) is 5.41 Å². The van der Waals surface area contributed by atoms with Gasteiger partial charge in [-0.2, -0.15) is 0 Å². The molecule has 15 heavy (non-hydrogen) atoms. The first-order valence-corrected chi connectivity index (χ1v) is 5.27. The lowest BCUT2D eigenvalue weighted by atomic mass is 9.89. The van der Waals surface area contributed by atoms with E-state index in [4.69, 9.17) is 4.42 Å². The molecule has 84 valence electrons. The zero-order chi connectivity index (χ0) is 11.9. The average molecular weight is 208 g/mol. The number of rotatable bonds is 1. The summed E-state index contributed by atoms with van der Waals surface area (Å²) in [5.74, 6) is 1.38. The number of carbonyl (C=O) groups is 1. The highest BCUT2D eigenvalue weighted by molar-refractivity contribution is 5.97. The molecule has 0 aliphatic heterocycles. The van der Waals surface area contributed by atoms with E-state index >= 15 is 0 Å². The molecular weight excluding hydrogens is 188 g/mol. The zero-order valence-corrected chi connectivity index (χ0v) is 10.5. The second kappa shape index (κ2) is 3.51. The Morgan fingerprint density at radius 1 is 1.07 bits per heavy atom. The van der Waals surface area contributed by atoms with E-state index in [0.717, 1.165) is 5.76 Å². The van der Waals surface area contributed by atoms with E-state index in [1.54, 1.807) is 6.07 Å². The van der Waals surface area contributed by atoms with Gasteiger partial charge in [0.05, 0.1) is 0 Å². The normalized spacial score (nSPS) is 12.9. The molecule has 0 atom stereocenters. The Morgan fingerprint density at radius 3 is 1.93 bits per heavy atom. The minimum Gasteiger partial charge on any atom is -0.457 e. The topological polar surface area (TPSA) is 30.2 Å². The number of hydrogen-bond acceptors (Lipinski definition) is 2. The third-order valence-electron chi connectivity index (χ3n) is 2.25. The zero-order valence-electron chi connectivity index (χ0n) is 10.5. The van der Waals surface area contributed by atoms with Crippen LogP contribution < -0.4 is 0 Å². The molecule has 0 saturated carbocycles. The maximum Gasteiger partial charge on any atom is 0.203 e. The molecule has 1 aromatic heterocycles. The number of furan rings is 1. The van der Waals surface area contributed by atoms with E-state index in [1.807, 2.05) is 26.8 Å². The standard InChI is InChI=1S/C13H20O2/c1-12(2,3)10-8-7-9(15-10)11(14)13(4,5)6/h7-8H,1-6H3. The maximum absolute atomic E-state index is 11.9. The van der Waals surface area contributed by atoms with Crippen molar-refractivity contribution < 1.29 is 9.21 Å². The molecule has 2 nitrogen and oxygen atoms in total. The molecule has 0 unspecified atom stereocenters. The molecule has 0 N–H and O–H groups in total. The fourth-order valence-corrected chi connectivity index (χ4v) is 1.23. The molecule has 0 saturated heterocycles. The largest absolute Gasteiger partial charge is 0.457 e. The average Bonchev–Trinajstić information content (AvgIpc) is 2.47. The van der Waals surface area contributed by atoms with Crippen LogP contribution in [0.1, 0.15) is 57.9 Å². The first-order chi connectivity index (χ1) is 6.62. The first-order valence-electron chi connectivity index (χ1n) is 5.27. The van der Waals surface area contributed by atoms with Crippen molar-refractivity contribution in [3.63, 3.8) is 0 Å². The third kappa shape index (κ3) is 2.71. The van der Waals surface area contributed by atoms with Crippen molar-refractivity contribution in [2.24, 2.45) is 5.41 Å². The van der Waals surface area contributed by atoms with Crippen molar-refractivity contribution in [1.29, 1.82) is 0 Å². The van der Waals surface area contributed by atoms with Crippen molar-refractivity contribution >= 4 is 5.78 Å². The van der Waals surface area contributed by atoms with Crippen LogP contribution in [0.5, 0.6) is 0 Å². The molecule has 0 aliphatic carbocycles. The van der Waals surface area contributed by atoms with E-state index < -0.39 is 0 Å². The summed E-state index contributed by atoms with van der Waals surface area (Å²) < 4.78 is 5.59. The van der Waals surface area contributed by atoms with Gasteiger partial charge in [-0.3, -0.25) is 4.79 Å². The highest BCUT2D eigenvalue weighted by Crippen LogP contribution is 2.27. The van der Waals surface area contributed by atoms with Gasteiger partial charge < -0.3 is 4.42 Å². The molecule has 0 fully saturated rings. The van der Waals surface area contributed by atoms with Crippen LogP contribution in [-0.4, -0.2) is 5.78 Å². The molecule has 1 aromatic rings. The lowest BCUT2D eigenvalue weighted by Crippen LogP contribution is -2.19. The molecule has 0 aliphatic rings. The lowest BCUT2D eigenvalue weighted by Gasteiger charge is -2.16. The minimum atomic E-state index is -0.382. The van der Waals surface area contributed by atoms with Crippen LogP contribution in [0.4, 0.5) is 0 Å². The van der Waals surface area contributed by atoms with Crippen LogP contribution in [0.25, 0.3) is 0 Å².